The molecule has 0 bridgehead atoms. The summed E-state index contributed by atoms with van der Waals surface area (Å²) >= 11 is 0. The Morgan fingerprint density at radius 1 is 1.06 bits per heavy atom. The summed E-state index contributed by atoms with van der Waals surface area (Å²) in [6.45, 7) is 5.80. The van der Waals surface area contributed by atoms with Crippen molar-refractivity contribution in [1.82, 2.24) is 4.31 Å². The molecule has 31 heavy (non-hydrogen) atoms. The summed E-state index contributed by atoms with van der Waals surface area (Å²) in [6, 6.07) is 12.6. The Kier molecular flexibility index (Phi) is 8.09. The molecular formula is C24H32N2O4S. The van der Waals surface area contributed by atoms with Crippen molar-refractivity contribution in [3.63, 3.8) is 0 Å². The van der Waals surface area contributed by atoms with E-state index in [4.69, 9.17) is 4.74 Å². The molecule has 0 saturated carbocycles. The number of benzene rings is 2. The Balaban J connectivity index is 1.57. The minimum absolute atomic E-state index is 0.102. The van der Waals surface area contributed by atoms with Gasteiger partial charge in [0.25, 0.3) is 0 Å². The van der Waals surface area contributed by atoms with E-state index in [-0.39, 0.29) is 5.91 Å². The summed E-state index contributed by atoms with van der Waals surface area (Å²) in [5, 5.41) is 2.93. The zero-order chi connectivity index (χ0) is 22.3. The van der Waals surface area contributed by atoms with Crippen molar-refractivity contribution in [2.75, 3.05) is 25.0 Å². The minimum atomic E-state index is -3.43. The third kappa shape index (κ3) is 6.31. The van der Waals surface area contributed by atoms with Gasteiger partial charge in [0.05, 0.1) is 17.2 Å². The van der Waals surface area contributed by atoms with Crippen LogP contribution in [0.25, 0.3) is 0 Å². The molecule has 0 atom stereocenters. The number of carbonyl (C=O) groups is 1. The Morgan fingerprint density at radius 3 is 2.45 bits per heavy atom. The third-order valence-corrected chi connectivity index (χ3v) is 7.30. The molecule has 3 rings (SSSR count). The fourth-order valence-corrected chi connectivity index (χ4v) is 5.13. The van der Waals surface area contributed by atoms with E-state index in [9.17, 15) is 13.2 Å². The second-order valence-corrected chi connectivity index (χ2v) is 9.94. The largest absolute Gasteiger partial charge is 0.491 e. The van der Waals surface area contributed by atoms with E-state index in [0.717, 1.165) is 36.8 Å². The van der Waals surface area contributed by atoms with E-state index in [0.29, 0.717) is 48.9 Å². The summed E-state index contributed by atoms with van der Waals surface area (Å²) < 4.78 is 32.8. The topological polar surface area (TPSA) is 75.7 Å². The van der Waals surface area contributed by atoms with Crippen LogP contribution < -0.4 is 10.1 Å². The molecule has 0 aromatic heterocycles. The van der Waals surface area contributed by atoms with Crippen LogP contribution in [-0.4, -0.2) is 38.3 Å². The average Bonchev–Trinajstić information content (AvgIpc) is 2.78. The molecule has 1 saturated heterocycles. The number of hydrogen-bond acceptors (Lipinski definition) is 4. The first-order valence-electron chi connectivity index (χ1n) is 11.0. The van der Waals surface area contributed by atoms with Crippen molar-refractivity contribution < 1.29 is 17.9 Å². The van der Waals surface area contributed by atoms with Gasteiger partial charge in [0.2, 0.25) is 15.9 Å². The number of aryl methyl sites for hydroxylation is 2. The molecule has 0 spiro atoms. The van der Waals surface area contributed by atoms with Crippen LogP contribution in [0.5, 0.6) is 5.75 Å². The van der Waals surface area contributed by atoms with Crippen LogP contribution in [-0.2, 0) is 21.2 Å². The molecule has 0 aliphatic carbocycles. The number of piperidine rings is 1. The van der Waals surface area contributed by atoms with Gasteiger partial charge in [0, 0.05) is 19.5 Å². The van der Waals surface area contributed by atoms with Crippen LogP contribution in [0.15, 0.2) is 47.4 Å². The Labute approximate surface area is 185 Å². The second-order valence-electron chi connectivity index (χ2n) is 8.00. The van der Waals surface area contributed by atoms with E-state index in [1.165, 1.54) is 0 Å². The van der Waals surface area contributed by atoms with Gasteiger partial charge >= 0.3 is 0 Å². The highest BCUT2D eigenvalue weighted by Gasteiger charge is 2.25. The number of sulfonamides is 1. The molecule has 7 heteroatoms. The SMILES string of the molecule is CCCOc1cc(C)ccc1NC(=O)CCc1ccc(S(=O)(=O)N2CCCCC2)cc1. The summed E-state index contributed by atoms with van der Waals surface area (Å²) in [5.74, 6) is 0.581. The lowest BCUT2D eigenvalue weighted by atomic mass is 10.1. The number of nitrogens with one attached hydrogen (secondary N) is 1. The molecule has 0 radical (unpaired) electrons. The maximum absolute atomic E-state index is 12.7. The van der Waals surface area contributed by atoms with E-state index < -0.39 is 10.0 Å². The Morgan fingerprint density at radius 2 is 1.77 bits per heavy atom. The molecule has 1 aliphatic rings. The lowest BCUT2D eigenvalue weighted by Crippen LogP contribution is -2.35. The highest BCUT2D eigenvalue weighted by atomic mass is 32.2. The van der Waals surface area contributed by atoms with E-state index in [2.05, 4.69) is 5.32 Å². The second kappa shape index (κ2) is 10.8. The molecule has 1 fully saturated rings. The van der Waals surface area contributed by atoms with Crippen molar-refractivity contribution in [2.45, 2.75) is 57.3 Å². The summed E-state index contributed by atoms with van der Waals surface area (Å²) in [7, 11) is -3.43. The number of carbonyl (C=O) groups excluding carboxylic acids is 1. The maximum Gasteiger partial charge on any atom is 0.243 e. The molecule has 0 unspecified atom stereocenters. The molecule has 1 amide bonds. The number of hydrogen-bond donors (Lipinski definition) is 1. The van der Waals surface area contributed by atoms with Gasteiger partial charge < -0.3 is 10.1 Å². The third-order valence-electron chi connectivity index (χ3n) is 5.39. The lowest BCUT2D eigenvalue weighted by molar-refractivity contribution is -0.116. The molecule has 168 valence electrons. The molecule has 6 nitrogen and oxygen atoms in total. The van der Waals surface area contributed by atoms with Gasteiger partial charge in [0.1, 0.15) is 5.75 Å². The van der Waals surface area contributed by atoms with Gasteiger partial charge in [-0.3, -0.25) is 4.79 Å². The molecule has 1 heterocycles. The quantitative estimate of drug-likeness (QED) is 0.617. The van der Waals surface area contributed by atoms with Gasteiger partial charge in [-0.15, -0.1) is 0 Å². The predicted octanol–water partition coefficient (Wildman–Crippen LogP) is 4.53. The zero-order valence-electron chi connectivity index (χ0n) is 18.4. The highest BCUT2D eigenvalue weighted by molar-refractivity contribution is 7.89. The molecule has 2 aromatic rings. The molecule has 1 aliphatic heterocycles. The first-order chi connectivity index (χ1) is 14.9. The smallest absolute Gasteiger partial charge is 0.243 e. The number of nitrogens with zero attached hydrogens (tertiary/aromatic N) is 1. The molecule has 2 aromatic carbocycles. The zero-order valence-corrected chi connectivity index (χ0v) is 19.2. The van der Waals surface area contributed by atoms with Gasteiger partial charge in [-0.05, 0) is 68.0 Å². The van der Waals surface area contributed by atoms with Crippen LogP contribution in [0.4, 0.5) is 5.69 Å². The first kappa shape index (κ1) is 23.3. The van der Waals surface area contributed by atoms with Crippen LogP contribution in [0.3, 0.4) is 0 Å². The van der Waals surface area contributed by atoms with Gasteiger partial charge in [-0.25, -0.2) is 8.42 Å². The standard InChI is InChI=1S/C24H32N2O4S/c1-3-17-30-23-18-19(2)7-13-22(23)25-24(27)14-10-20-8-11-21(12-9-20)31(28,29)26-15-5-4-6-16-26/h7-9,11-13,18H,3-6,10,14-17H2,1-2H3,(H,25,27). The van der Waals surface area contributed by atoms with Gasteiger partial charge in [0.15, 0.2) is 0 Å². The normalized spacial score (nSPS) is 14.9. The van der Waals surface area contributed by atoms with Crippen molar-refractivity contribution in [2.24, 2.45) is 0 Å². The van der Waals surface area contributed by atoms with Crippen LogP contribution >= 0.6 is 0 Å². The number of amides is 1. The van der Waals surface area contributed by atoms with Crippen molar-refractivity contribution >= 4 is 21.6 Å². The molecule has 1 N–H and O–H groups in total. The fraction of sp³-hybridized carbons (Fsp3) is 0.458. The summed E-state index contributed by atoms with van der Waals surface area (Å²) in [6.07, 6.45) is 4.65. The van der Waals surface area contributed by atoms with Gasteiger partial charge in [-0.2, -0.15) is 4.31 Å². The Hall–Kier alpha value is -2.38. The first-order valence-corrected chi connectivity index (χ1v) is 12.5. The number of rotatable bonds is 9. The molecular weight excluding hydrogens is 412 g/mol. The van der Waals surface area contributed by atoms with Crippen LogP contribution in [0.2, 0.25) is 0 Å². The maximum atomic E-state index is 12.7. The monoisotopic (exact) mass is 444 g/mol. The lowest BCUT2D eigenvalue weighted by Gasteiger charge is -2.25. The van der Waals surface area contributed by atoms with E-state index >= 15 is 0 Å². The summed E-state index contributed by atoms with van der Waals surface area (Å²) in [4.78, 5) is 12.8. The fourth-order valence-electron chi connectivity index (χ4n) is 3.62. The summed E-state index contributed by atoms with van der Waals surface area (Å²) in [5.41, 5.74) is 2.68. The van der Waals surface area contributed by atoms with Gasteiger partial charge in [-0.1, -0.05) is 31.5 Å². The highest BCUT2D eigenvalue weighted by Crippen LogP contribution is 2.26. The van der Waals surface area contributed by atoms with E-state index in [1.807, 2.05) is 32.0 Å². The Bertz CT molecular complexity index is 981. The number of anilines is 1. The van der Waals surface area contributed by atoms with Crippen molar-refractivity contribution in [1.29, 1.82) is 0 Å². The average molecular weight is 445 g/mol. The van der Waals surface area contributed by atoms with E-state index in [1.54, 1.807) is 28.6 Å². The van der Waals surface area contributed by atoms with Crippen LogP contribution in [0.1, 0.15) is 50.2 Å². The minimum Gasteiger partial charge on any atom is -0.491 e. The number of ether oxygens (including phenoxy) is 1. The van der Waals surface area contributed by atoms with Crippen molar-refractivity contribution in [3.05, 3.63) is 53.6 Å². The van der Waals surface area contributed by atoms with Crippen molar-refractivity contribution in [3.8, 4) is 5.75 Å². The van der Waals surface area contributed by atoms with Crippen LogP contribution in [0, 0.1) is 6.92 Å². The predicted molar refractivity (Wildman–Crippen MR) is 123 cm³/mol.